The molecule has 5 heteroatoms. The fourth-order valence-corrected chi connectivity index (χ4v) is 1.52. The third-order valence-corrected chi connectivity index (χ3v) is 2.61. The van der Waals surface area contributed by atoms with E-state index in [2.05, 4.69) is 15.9 Å². The first-order chi connectivity index (χ1) is 6.83. The number of rotatable bonds is 3. The maximum atomic E-state index is 12.5. The van der Waals surface area contributed by atoms with E-state index in [9.17, 15) is 13.9 Å². The summed E-state index contributed by atoms with van der Waals surface area (Å²) >= 11 is 3.17. The van der Waals surface area contributed by atoms with Crippen LogP contribution in [0.5, 0.6) is 5.75 Å². The van der Waals surface area contributed by atoms with Crippen molar-refractivity contribution in [3.63, 3.8) is 0 Å². The number of hydrogen-bond donors (Lipinski definition) is 2. The van der Waals surface area contributed by atoms with Crippen LogP contribution < -0.4 is 5.73 Å². The minimum absolute atomic E-state index is 0.0262. The van der Waals surface area contributed by atoms with Gasteiger partial charge in [0.05, 0.1) is 5.54 Å². The van der Waals surface area contributed by atoms with E-state index in [-0.39, 0.29) is 12.2 Å². The average molecular weight is 280 g/mol. The zero-order valence-corrected chi connectivity index (χ0v) is 9.76. The maximum absolute atomic E-state index is 12.5. The lowest BCUT2D eigenvalue weighted by atomic mass is 9.94. The van der Waals surface area contributed by atoms with E-state index in [4.69, 9.17) is 5.73 Å². The van der Waals surface area contributed by atoms with Crippen molar-refractivity contribution < 1.29 is 13.9 Å². The predicted molar refractivity (Wildman–Crippen MR) is 58.1 cm³/mol. The summed E-state index contributed by atoms with van der Waals surface area (Å²) in [5, 5.41) is 9.51. The Bertz CT molecular complexity index is 355. The molecule has 0 bridgehead atoms. The molecule has 0 spiro atoms. The van der Waals surface area contributed by atoms with Crippen LogP contribution in [0.25, 0.3) is 0 Å². The highest BCUT2D eigenvalue weighted by Gasteiger charge is 2.31. The van der Waals surface area contributed by atoms with E-state index < -0.39 is 12.0 Å². The van der Waals surface area contributed by atoms with Crippen LogP contribution in [-0.2, 0) is 6.42 Å². The number of nitrogens with two attached hydrogens (primary N) is 1. The third kappa shape index (κ3) is 3.14. The molecular formula is C10H12BrF2NO. The zero-order chi connectivity index (χ0) is 11.6. The van der Waals surface area contributed by atoms with Gasteiger partial charge in [0.1, 0.15) is 5.75 Å². The molecule has 84 valence electrons. The van der Waals surface area contributed by atoms with Gasteiger partial charge in [-0.3, -0.25) is 0 Å². The summed E-state index contributed by atoms with van der Waals surface area (Å²) in [6.07, 6.45) is -2.69. The molecule has 0 saturated heterocycles. The van der Waals surface area contributed by atoms with Crippen molar-refractivity contribution in [2.24, 2.45) is 5.73 Å². The first-order valence-electron chi connectivity index (χ1n) is 4.37. The molecule has 15 heavy (non-hydrogen) atoms. The molecule has 1 aromatic rings. The summed E-state index contributed by atoms with van der Waals surface area (Å²) in [5.41, 5.74) is 4.23. The Morgan fingerprint density at radius 1 is 1.53 bits per heavy atom. The number of phenolic OH excluding ortho intramolecular Hbond substituents is 1. The molecule has 1 atom stereocenters. The average Bonchev–Trinajstić information content (AvgIpc) is 2.09. The van der Waals surface area contributed by atoms with Gasteiger partial charge in [-0.2, -0.15) is 0 Å². The lowest BCUT2D eigenvalue weighted by Gasteiger charge is -2.23. The quantitative estimate of drug-likeness (QED) is 0.894. The Labute approximate surface area is 95.2 Å². The Hall–Kier alpha value is -0.680. The molecule has 1 rings (SSSR count). The van der Waals surface area contributed by atoms with Crippen LogP contribution >= 0.6 is 15.9 Å². The molecule has 3 N–H and O–H groups in total. The van der Waals surface area contributed by atoms with Crippen molar-refractivity contribution in [1.29, 1.82) is 0 Å². The first kappa shape index (κ1) is 12.4. The molecule has 0 heterocycles. The second kappa shape index (κ2) is 4.45. The summed E-state index contributed by atoms with van der Waals surface area (Å²) in [7, 11) is 0. The van der Waals surface area contributed by atoms with Gasteiger partial charge in [-0.15, -0.1) is 0 Å². The van der Waals surface area contributed by atoms with Crippen molar-refractivity contribution >= 4 is 15.9 Å². The van der Waals surface area contributed by atoms with E-state index in [1.807, 2.05) is 0 Å². The summed E-state index contributed by atoms with van der Waals surface area (Å²) in [6, 6.07) is 4.71. The number of benzene rings is 1. The highest BCUT2D eigenvalue weighted by molar-refractivity contribution is 9.10. The molecule has 0 amide bonds. The largest absolute Gasteiger partial charge is 0.508 e. The fraction of sp³-hybridized carbons (Fsp3) is 0.400. The lowest BCUT2D eigenvalue weighted by Crippen LogP contribution is -2.45. The van der Waals surface area contributed by atoms with E-state index >= 15 is 0 Å². The first-order valence-corrected chi connectivity index (χ1v) is 5.16. The molecule has 0 saturated carbocycles. The lowest BCUT2D eigenvalue weighted by molar-refractivity contribution is 0.0636. The molecule has 0 aromatic heterocycles. The van der Waals surface area contributed by atoms with Crippen LogP contribution in [-0.4, -0.2) is 17.1 Å². The SMILES string of the molecule is CC(N)(Cc1ccc(Br)cc1O)C(F)F. The van der Waals surface area contributed by atoms with Crippen LogP contribution in [0.4, 0.5) is 8.78 Å². The topological polar surface area (TPSA) is 46.2 Å². The molecule has 0 radical (unpaired) electrons. The number of alkyl halides is 2. The van der Waals surface area contributed by atoms with Crippen molar-refractivity contribution in [3.05, 3.63) is 28.2 Å². The molecule has 0 aliphatic rings. The van der Waals surface area contributed by atoms with E-state index in [0.29, 0.717) is 10.0 Å². The molecule has 0 fully saturated rings. The second-order valence-corrected chi connectivity index (χ2v) is 4.67. The fourth-order valence-electron chi connectivity index (χ4n) is 1.17. The normalized spacial score (nSPS) is 15.3. The van der Waals surface area contributed by atoms with Gasteiger partial charge in [-0.25, -0.2) is 8.78 Å². The summed E-state index contributed by atoms with van der Waals surface area (Å²) in [6.45, 7) is 1.26. The van der Waals surface area contributed by atoms with Gasteiger partial charge in [0.15, 0.2) is 0 Å². The Morgan fingerprint density at radius 3 is 2.60 bits per heavy atom. The number of hydrogen-bond acceptors (Lipinski definition) is 2. The van der Waals surface area contributed by atoms with Gasteiger partial charge in [-0.05, 0) is 31.0 Å². The van der Waals surface area contributed by atoms with Crippen LogP contribution in [0, 0.1) is 0 Å². The Kier molecular flexibility index (Phi) is 3.67. The van der Waals surface area contributed by atoms with Crippen LogP contribution in [0.1, 0.15) is 12.5 Å². The smallest absolute Gasteiger partial charge is 0.256 e. The minimum Gasteiger partial charge on any atom is -0.508 e. The van der Waals surface area contributed by atoms with Gasteiger partial charge in [0.2, 0.25) is 0 Å². The van der Waals surface area contributed by atoms with E-state index in [1.54, 1.807) is 12.1 Å². The molecule has 1 unspecified atom stereocenters. The third-order valence-electron chi connectivity index (χ3n) is 2.12. The number of halogens is 3. The van der Waals surface area contributed by atoms with Crippen molar-refractivity contribution in [2.45, 2.75) is 25.3 Å². The van der Waals surface area contributed by atoms with Crippen LogP contribution in [0.15, 0.2) is 22.7 Å². The Morgan fingerprint density at radius 2 is 2.13 bits per heavy atom. The summed E-state index contributed by atoms with van der Waals surface area (Å²) in [5.74, 6) is -0.0262. The van der Waals surface area contributed by atoms with Crippen LogP contribution in [0.3, 0.4) is 0 Å². The highest BCUT2D eigenvalue weighted by Crippen LogP contribution is 2.27. The van der Waals surface area contributed by atoms with Gasteiger partial charge in [0.25, 0.3) is 6.43 Å². The van der Waals surface area contributed by atoms with Gasteiger partial charge in [-0.1, -0.05) is 22.0 Å². The van der Waals surface area contributed by atoms with Gasteiger partial charge < -0.3 is 10.8 Å². The van der Waals surface area contributed by atoms with Crippen LogP contribution in [0.2, 0.25) is 0 Å². The highest BCUT2D eigenvalue weighted by atomic mass is 79.9. The van der Waals surface area contributed by atoms with Gasteiger partial charge >= 0.3 is 0 Å². The minimum atomic E-state index is -2.62. The molecule has 0 aliphatic heterocycles. The maximum Gasteiger partial charge on any atom is 0.256 e. The summed E-state index contributed by atoms with van der Waals surface area (Å²) in [4.78, 5) is 0. The Balaban J connectivity index is 2.90. The zero-order valence-electron chi connectivity index (χ0n) is 8.17. The van der Waals surface area contributed by atoms with Crippen molar-refractivity contribution in [3.8, 4) is 5.75 Å². The van der Waals surface area contributed by atoms with E-state index in [0.717, 1.165) is 0 Å². The van der Waals surface area contributed by atoms with Crippen molar-refractivity contribution in [1.82, 2.24) is 0 Å². The number of aromatic hydroxyl groups is 1. The number of phenols is 1. The molecule has 2 nitrogen and oxygen atoms in total. The van der Waals surface area contributed by atoms with Crippen molar-refractivity contribution in [2.75, 3.05) is 0 Å². The second-order valence-electron chi connectivity index (χ2n) is 3.76. The monoisotopic (exact) mass is 279 g/mol. The van der Waals surface area contributed by atoms with Gasteiger partial charge in [0, 0.05) is 4.47 Å². The molecular weight excluding hydrogens is 268 g/mol. The summed E-state index contributed by atoms with van der Waals surface area (Å²) < 4.78 is 25.7. The molecule has 0 aliphatic carbocycles. The standard InChI is InChI=1S/C10H12BrF2NO/c1-10(14,9(12)13)5-6-2-3-7(11)4-8(6)15/h2-4,9,15H,5,14H2,1H3. The molecule has 1 aromatic carbocycles. The van der Waals surface area contributed by atoms with E-state index in [1.165, 1.54) is 13.0 Å². The predicted octanol–water partition coefficient (Wildman–Crippen LogP) is 2.68.